The summed E-state index contributed by atoms with van der Waals surface area (Å²) in [7, 11) is 0. The first-order chi connectivity index (χ1) is 16.1. The van der Waals surface area contributed by atoms with E-state index in [4.69, 9.17) is 0 Å². The Kier molecular flexibility index (Phi) is 6.81. The molecule has 1 saturated carbocycles. The number of hydrogen-bond donors (Lipinski definition) is 1. The highest BCUT2D eigenvalue weighted by Gasteiger charge is 2.42. The molecule has 5 rings (SSSR count). The van der Waals surface area contributed by atoms with Crippen molar-refractivity contribution in [3.05, 3.63) is 40.3 Å². The molecule has 3 aliphatic rings. The van der Waals surface area contributed by atoms with Gasteiger partial charge >= 0.3 is 5.97 Å². The zero-order chi connectivity index (χ0) is 22.8. The number of rotatable bonds is 3. The van der Waals surface area contributed by atoms with Gasteiger partial charge in [-0.1, -0.05) is 63.5 Å². The van der Waals surface area contributed by atoms with Crippen LogP contribution in [0.1, 0.15) is 106 Å². The SMILES string of the molecule is O=C(O)c1nc2ccccc2n([C@H]2C[C@H]3CCC[C@@H](C2)N3C2CCCCCCCCC2)c1=O. The van der Waals surface area contributed by atoms with Crippen LogP contribution in [0, 0.1) is 0 Å². The summed E-state index contributed by atoms with van der Waals surface area (Å²) in [6.45, 7) is 0. The monoisotopic (exact) mass is 451 g/mol. The van der Waals surface area contributed by atoms with E-state index in [1.54, 1.807) is 4.57 Å². The number of benzene rings is 1. The Hall–Kier alpha value is -2.21. The van der Waals surface area contributed by atoms with Gasteiger partial charge < -0.3 is 9.67 Å². The van der Waals surface area contributed by atoms with Gasteiger partial charge in [0.15, 0.2) is 0 Å². The Balaban J connectivity index is 1.46. The summed E-state index contributed by atoms with van der Waals surface area (Å²) in [6, 6.07) is 9.18. The van der Waals surface area contributed by atoms with E-state index in [1.165, 1.54) is 77.0 Å². The van der Waals surface area contributed by atoms with Crippen molar-refractivity contribution < 1.29 is 9.90 Å². The van der Waals surface area contributed by atoms with Gasteiger partial charge in [-0.15, -0.1) is 0 Å². The quantitative estimate of drug-likeness (QED) is 0.662. The second kappa shape index (κ2) is 9.96. The van der Waals surface area contributed by atoms with E-state index in [0.717, 1.165) is 18.4 Å². The first-order valence-corrected chi connectivity index (χ1v) is 13.2. The molecular weight excluding hydrogens is 414 g/mol. The van der Waals surface area contributed by atoms with E-state index in [1.807, 2.05) is 24.3 Å². The molecule has 0 unspecified atom stereocenters. The molecule has 6 heteroatoms. The number of piperidine rings is 2. The maximum Gasteiger partial charge on any atom is 0.360 e. The molecule has 6 nitrogen and oxygen atoms in total. The molecule has 0 spiro atoms. The highest BCUT2D eigenvalue weighted by Crippen LogP contribution is 2.42. The van der Waals surface area contributed by atoms with Gasteiger partial charge in [0.1, 0.15) is 0 Å². The highest BCUT2D eigenvalue weighted by atomic mass is 16.4. The molecule has 2 aromatic rings. The summed E-state index contributed by atoms with van der Waals surface area (Å²) in [5.41, 5.74) is 0.558. The van der Waals surface area contributed by atoms with Gasteiger partial charge in [0.25, 0.3) is 5.56 Å². The van der Waals surface area contributed by atoms with Crippen molar-refractivity contribution in [1.82, 2.24) is 14.5 Å². The van der Waals surface area contributed by atoms with Crippen LogP contribution in [0.3, 0.4) is 0 Å². The van der Waals surface area contributed by atoms with Crippen LogP contribution in [0.5, 0.6) is 0 Å². The summed E-state index contributed by atoms with van der Waals surface area (Å²) < 4.78 is 1.78. The topological polar surface area (TPSA) is 75.4 Å². The summed E-state index contributed by atoms with van der Waals surface area (Å²) in [6.07, 6.45) is 17.7. The van der Waals surface area contributed by atoms with Crippen molar-refractivity contribution in [2.45, 2.75) is 114 Å². The summed E-state index contributed by atoms with van der Waals surface area (Å²) in [5.74, 6) is -1.24. The fraction of sp³-hybridized carbons (Fsp3) is 0.667. The Morgan fingerprint density at radius 1 is 0.788 bits per heavy atom. The third kappa shape index (κ3) is 4.59. The van der Waals surface area contributed by atoms with Crippen LogP contribution in [0.2, 0.25) is 0 Å². The molecular formula is C27H37N3O3. The molecule has 1 aromatic heterocycles. The van der Waals surface area contributed by atoms with Crippen molar-refractivity contribution >= 4 is 17.0 Å². The van der Waals surface area contributed by atoms with Crippen molar-refractivity contribution in [3.8, 4) is 0 Å². The van der Waals surface area contributed by atoms with Gasteiger partial charge in [0, 0.05) is 24.2 Å². The molecule has 3 heterocycles. The van der Waals surface area contributed by atoms with E-state index in [9.17, 15) is 14.7 Å². The third-order valence-electron chi connectivity index (χ3n) is 8.37. The zero-order valence-electron chi connectivity index (χ0n) is 19.6. The number of nitrogens with zero attached hydrogens (tertiary/aromatic N) is 3. The predicted octanol–water partition coefficient (Wildman–Crippen LogP) is 5.55. The number of para-hydroxylation sites is 2. The van der Waals surface area contributed by atoms with Crippen molar-refractivity contribution in [3.63, 3.8) is 0 Å². The minimum atomic E-state index is -1.24. The fourth-order valence-electron chi connectivity index (χ4n) is 6.94. The molecule has 3 atom stereocenters. The van der Waals surface area contributed by atoms with E-state index in [0.29, 0.717) is 23.6 Å². The van der Waals surface area contributed by atoms with Crippen LogP contribution in [-0.2, 0) is 0 Å². The van der Waals surface area contributed by atoms with Crippen LogP contribution in [0.15, 0.2) is 29.1 Å². The summed E-state index contributed by atoms with van der Waals surface area (Å²) in [4.78, 5) is 32.1. The number of carboxylic acids is 1. The first kappa shape index (κ1) is 22.6. The largest absolute Gasteiger partial charge is 0.476 e. The number of hydrogen-bond acceptors (Lipinski definition) is 4. The van der Waals surface area contributed by atoms with Gasteiger partial charge in [-0.2, -0.15) is 0 Å². The van der Waals surface area contributed by atoms with E-state index in [-0.39, 0.29) is 11.7 Å². The lowest BCUT2D eigenvalue weighted by molar-refractivity contribution is -0.0239. The number of carboxylic acid groups (broad SMARTS) is 1. The molecule has 2 saturated heterocycles. The smallest absolute Gasteiger partial charge is 0.360 e. The lowest BCUT2D eigenvalue weighted by Gasteiger charge is -2.53. The standard InChI is InChI=1S/C27H37N3O3/c31-26-25(27(32)33)28-23-15-8-9-16-24(23)30(26)22-17-20-13-10-14-21(18-22)29(20)19-11-6-4-2-1-3-5-7-12-19/h8-9,15-16,19-22H,1-7,10-14,17-18H2,(H,32,33)/t20-,21+,22+. The van der Waals surface area contributed by atoms with Gasteiger partial charge in [-0.3, -0.25) is 9.69 Å². The van der Waals surface area contributed by atoms with E-state index < -0.39 is 11.5 Å². The number of fused-ring (bicyclic) bond motifs is 3. The van der Waals surface area contributed by atoms with Crippen LogP contribution >= 0.6 is 0 Å². The molecule has 33 heavy (non-hydrogen) atoms. The van der Waals surface area contributed by atoms with Crippen LogP contribution in [0.25, 0.3) is 11.0 Å². The molecule has 1 N–H and O–H groups in total. The number of carbonyl (C=O) groups is 1. The van der Waals surface area contributed by atoms with Crippen LogP contribution < -0.4 is 5.56 Å². The van der Waals surface area contributed by atoms with Crippen molar-refractivity contribution in [1.29, 1.82) is 0 Å². The third-order valence-corrected chi connectivity index (χ3v) is 8.37. The van der Waals surface area contributed by atoms with Crippen molar-refractivity contribution in [2.24, 2.45) is 0 Å². The Bertz CT molecular complexity index is 1020. The Morgan fingerprint density at radius 2 is 1.36 bits per heavy atom. The molecule has 0 amide bonds. The molecule has 2 bridgehead atoms. The second-order valence-corrected chi connectivity index (χ2v) is 10.4. The van der Waals surface area contributed by atoms with Crippen molar-refractivity contribution in [2.75, 3.05) is 0 Å². The average molecular weight is 452 g/mol. The summed E-state index contributed by atoms with van der Waals surface area (Å²) in [5, 5.41) is 9.63. The zero-order valence-corrected chi connectivity index (χ0v) is 19.6. The second-order valence-electron chi connectivity index (χ2n) is 10.4. The lowest BCUT2D eigenvalue weighted by atomic mass is 9.79. The summed E-state index contributed by atoms with van der Waals surface area (Å²) >= 11 is 0. The molecule has 2 aliphatic heterocycles. The van der Waals surface area contributed by atoms with Crippen LogP contribution in [-0.4, -0.2) is 43.7 Å². The predicted molar refractivity (Wildman–Crippen MR) is 130 cm³/mol. The average Bonchev–Trinajstić information content (AvgIpc) is 2.81. The lowest BCUT2D eigenvalue weighted by Crippen LogP contribution is -2.57. The minimum absolute atomic E-state index is 0.0367. The molecule has 0 radical (unpaired) electrons. The maximum absolute atomic E-state index is 13.3. The first-order valence-electron chi connectivity index (χ1n) is 13.2. The molecule has 1 aliphatic carbocycles. The maximum atomic E-state index is 13.3. The van der Waals surface area contributed by atoms with Gasteiger partial charge in [-0.25, -0.2) is 9.78 Å². The number of aromatic nitrogens is 2. The minimum Gasteiger partial charge on any atom is -0.476 e. The molecule has 1 aromatic carbocycles. The molecule has 178 valence electrons. The fourth-order valence-corrected chi connectivity index (χ4v) is 6.94. The Morgan fingerprint density at radius 3 is 2.00 bits per heavy atom. The van der Waals surface area contributed by atoms with E-state index >= 15 is 0 Å². The normalized spacial score (nSPS) is 27.9. The number of aromatic carboxylic acids is 1. The molecule has 3 fully saturated rings. The Labute approximate surface area is 196 Å². The van der Waals surface area contributed by atoms with Gasteiger partial charge in [0.2, 0.25) is 5.69 Å². The van der Waals surface area contributed by atoms with Gasteiger partial charge in [-0.05, 0) is 50.7 Å². The van der Waals surface area contributed by atoms with Crippen LogP contribution in [0.4, 0.5) is 0 Å². The van der Waals surface area contributed by atoms with E-state index in [2.05, 4.69) is 9.88 Å². The van der Waals surface area contributed by atoms with Gasteiger partial charge in [0.05, 0.1) is 11.0 Å². The highest BCUT2D eigenvalue weighted by molar-refractivity contribution is 5.88.